The highest BCUT2D eigenvalue weighted by Gasteiger charge is 2.38. The van der Waals surface area contributed by atoms with E-state index in [4.69, 9.17) is 14.7 Å². The zero-order chi connectivity index (χ0) is 17.2. The molecule has 0 bridgehead atoms. The molecule has 0 N–H and O–H groups in total. The molecule has 0 amide bonds. The van der Waals surface area contributed by atoms with Crippen LogP contribution in [0.3, 0.4) is 0 Å². The van der Waals surface area contributed by atoms with E-state index >= 15 is 0 Å². The lowest BCUT2D eigenvalue weighted by Crippen LogP contribution is -2.56. The molecule has 1 aliphatic rings. The second kappa shape index (κ2) is 6.47. The van der Waals surface area contributed by atoms with Gasteiger partial charge >= 0.3 is 0 Å². The molecule has 8 heteroatoms. The Morgan fingerprint density at radius 2 is 2.08 bits per heavy atom. The van der Waals surface area contributed by atoms with Gasteiger partial charge in [0, 0.05) is 18.3 Å². The molecule has 24 heavy (non-hydrogen) atoms. The van der Waals surface area contributed by atoms with Crippen molar-refractivity contribution in [2.75, 3.05) is 20.2 Å². The number of nitriles is 1. The zero-order valence-electron chi connectivity index (χ0n) is 12.9. The molecule has 2 heterocycles. The van der Waals surface area contributed by atoms with Gasteiger partial charge in [-0.15, -0.1) is 0 Å². The maximum absolute atomic E-state index is 12.5. The van der Waals surface area contributed by atoms with Crippen LogP contribution < -0.4 is 9.47 Å². The number of benzene rings is 1. The molecule has 2 aromatic rings. The van der Waals surface area contributed by atoms with Gasteiger partial charge in [0.1, 0.15) is 11.9 Å². The van der Waals surface area contributed by atoms with Gasteiger partial charge in [0.2, 0.25) is 15.9 Å². The van der Waals surface area contributed by atoms with Crippen molar-refractivity contribution in [3.05, 3.63) is 48.2 Å². The van der Waals surface area contributed by atoms with Crippen molar-refractivity contribution in [3.63, 3.8) is 0 Å². The Hall–Kier alpha value is -2.63. The summed E-state index contributed by atoms with van der Waals surface area (Å²) in [5.74, 6) is 0.805. The number of sulfonamides is 1. The van der Waals surface area contributed by atoms with Gasteiger partial charge in [-0.3, -0.25) is 0 Å². The molecular formula is C16H15N3O4S. The third kappa shape index (κ3) is 3.18. The van der Waals surface area contributed by atoms with Crippen LogP contribution >= 0.6 is 0 Å². The van der Waals surface area contributed by atoms with Crippen LogP contribution in [0.2, 0.25) is 0 Å². The van der Waals surface area contributed by atoms with Gasteiger partial charge in [0.15, 0.2) is 0 Å². The minimum atomic E-state index is -3.57. The Bertz CT molecular complexity index is 886. The summed E-state index contributed by atoms with van der Waals surface area (Å²) >= 11 is 0. The van der Waals surface area contributed by atoms with Gasteiger partial charge in [-0.05, 0) is 18.2 Å². The number of methoxy groups -OCH3 is 1. The van der Waals surface area contributed by atoms with Crippen molar-refractivity contribution < 1.29 is 17.9 Å². The smallest absolute Gasteiger partial charge is 0.243 e. The summed E-state index contributed by atoms with van der Waals surface area (Å²) in [5, 5.41) is 8.85. The number of aromatic nitrogens is 1. The molecule has 0 spiro atoms. The van der Waals surface area contributed by atoms with Crippen LogP contribution in [0.4, 0.5) is 0 Å². The van der Waals surface area contributed by atoms with Gasteiger partial charge in [-0.25, -0.2) is 13.4 Å². The molecule has 0 aliphatic carbocycles. The van der Waals surface area contributed by atoms with Gasteiger partial charge in [-0.2, -0.15) is 9.57 Å². The molecule has 3 rings (SSSR count). The number of ether oxygens (including phenoxy) is 2. The van der Waals surface area contributed by atoms with Crippen LogP contribution in [-0.4, -0.2) is 44.0 Å². The minimum Gasteiger partial charge on any atom is -0.497 e. The number of pyridine rings is 1. The highest BCUT2D eigenvalue weighted by Crippen LogP contribution is 2.26. The number of hydrogen-bond acceptors (Lipinski definition) is 6. The molecule has 124 valence electrons. The summed E-state index contributed by atoms with van der Waals surface area (Å²) in [7, 11) is -2.08. The molecule has 0 atom stereocenters. The first-order chi connectivity index (χ1) is 11.5. The minimum absolute atomic E-state index is 0.185. The lowest BCUT2D eigenvalue weighted by atomic mass is 10.2. The third-order valence-corrected chi connectivity index (χ3v) is 5.47. The molecule has 7 nitrogen and oxygen atoms in total. The Kier molecular flexibility index (Phi) is 4.38. The topological polar surface area (TPSA) is 92.5 Å². The number of hydrogen-bond donors (Lipinski definition) is 0. The molecule has 1 aromatic carbocycles. The van der Waals surface area contributed by atoms with Gasteiger partial charge in [0.25, 0.3) is 0 Å². The van der Waals surface area contributed by atoms with Crippen molar-refractivity contribution in [1.29, 1.82) is 5.26 Å². The van der Waals surface area contributed by atoms with E-state index in [0.29, 0.717) is 17.2 Å². The van der Waals surface area contributed by atoms with Crippen molar-refractivity contribution in [3.8, 4) is 17.7 Å². The fraction of sp³-hybridized carbons (Fsp3) is 0.250. The van der Waals surface area contributed by atoms with Crippen LogP contribution in [0.5, 0.6) is 11.6 Å². The average Bonchev–Trinajstić information content (AvgIpc) is 2.57. The number of nitrogens with zero attached hydrogens (tertiary/aromatic N) is 3. The van der Waals surface area contributed by atoms with Crippen molar-refractivity contribution >= 4 is 10.0 Å². The molecule has 1 aliphatic heterocycles. The van der Waals surface area contributed by atoms with Crippen LogP contribution in [0, 0.1) is 11.3 Å². The summed E-state index contributed by atoms with van der Waals surface area (Å²) < 4.78 is 37.1. The van der Waals surface area contributed by atoms with E-state index in [1.54, 1.807) is 18.2 Å². The highest BCUT2D eigenvalue weighted by atomic mass is 32.2. The van der Waals surface area contributed by atoms with Crippen LogP contribution in [0.1, 0.15) is 5.56 Å². The normalized spacial score (nSPS) is 15.3. The summed E-state index contributed by atoms with van der Waals surface area (Å²) in [6, 6.07) is 11.5. The highest BCUT2D eigenvalue weighted by molar-refractivity contribution is 7.89. The first-order valence-corrected chi connectivity index (χ1v) is 8.64. The van der Waals surface area contributed by atoms with E-state index in [0.717, 1.165) is 0 Å². The molecule has 0 saturated carbocycles. The first kappa shape index (κ1) is 16.2. The second-order valence-corrected chi connectivity index (χ2v) is 7.17. The van der Waals surface area contributed by atoms with Crippen molar-refractivity contribution in [2.45, 2.75) is 11.0 Å². The average molecular weight is 345 g/mol. The van der Waals surface area contributed by atoms with E-state index in [9.17, 15) is 8.42 Å². The lowest BCUT2D eigenvalue weighted by molar-refractivity contribution is 0.0720. The number of rotatable bonds is 5. The maximum atomic E-state index is 12.5. The Labute approximate surface area is 140 Å². The molecule has 1 saturated heterocycles. The quantitative estimate of drug-likeness (QED) is 0.813. The summed E-state index contributed by atoms with van der Waals surface area (Å²) in [5.41, 5.74) is 0.445. The Morgan fingerprint density at radius 1 is 1.29 bits per heavy atom. The zero-order valence-corrected chi connectivity index (χ0v) is 13.7. The largest absolute Gasteiger partial charge is 0.497 e. The van der Waals surface area contributed by atoms with E-state index in [-0.39, 0.29) is 24.1 Å². The van der Waals surface area contributed by atoms with E-state index in [2.05, 4.69) is 4.98 Å². The fourth-order valence-corrected chi connectivity index (χ4v) is 3.84. The summed E-state index contributed by atoms with van der Waals surface area (Å²) in [6.07, 6.45) is 1.20. The SMILES string of the molecule is COc1cccc(S(=O)(=O)N2CC(Oc3cc(C#N)ccn3)C2)c1. The van der Waals surface area contributed by atoms with E-state index in [1.807, 2.05) is 6.07 Å². The molecule has 0 radical (unpaired) electrons. The standard InChI is InChI=1S/C16H15N3O4S/c1-22-13-3-2-4-15(8-13)24(20,21)19-10-14(11-19)23-16-7-12(9-17)5-6-18-16/h2-8,14H,10-11H2,1H3. The van der Waals surface area contributed by atoms with Crippen molar-refractivity contribution in [1.82, 2.24) is 9.29 Å². The molecule has 1 fully saturated rings. The first-order valence-electron chi connectivity index (χ1n) is 7.20. The van der Waals surface area contributed by atoms with E-state index in [1.165, 1.54) is 35.8 Å². The lowest BCUT2D eigenvalue weighted by Gasteiger charge is -2.37. The molecule has 0 unspecified atom stereocenters. The van der Waals surface area contributed by atoms with Crippen molar-refractivity contribution in [2.24, 2.45) is 0 Å². The van der Waals surface area contributed by atoms with E-state index < -0.39 is 10.0 Å². The fourth-order valence-electron chi connectivity index (χ4n) is 2.30. The monoisotopic (exact) mass is 345 g/mol. The molecular weight excluding hydrogens is 330 g/mol. The third-order valence-electron chi connectivity index (χ3n) is 3.64. The van der Waals surface area contributed by atoms with Gasteiger partial charge < -0.3 is 9.47 Å². The predicted octanol–water partition coefficient (Wildman–Crippen LogP) is 1.41. The van der Waals surface area contributed by atoms with Crippen LogP contribution in [0.25, 0.3) is 0 Å². The summed E-state index contributed by atoms with van der Waals surface area (Å²) in [6.45, 7) is 0.468. The second-order valence-electron chi connectivity index (χ2n) is 5.24. The summed E-state index contributed by atoms with van der Waals surface area (Å²) in [4.78, 5) is 4.20. The Morgan fingerprint density at radius 3 is 2.79 bits per heavy atom. The predicted molar refractivity (Wildman–Crippen MR) is 85.1 cm³/mol. The van der Waals surface area contributed by atoms with Gasteiger partial charge in [0.05, 0.1) is 36.7 Å². The van der Waals surface area contributed by atoms with Gasteiger partial charge in [-0.1, -0.05) is 6.07 Å². The van der Waals surface area contributed by atoms with Crippen LogP contribution in [0.15, 0.2) is 47.5 Å². The Balaban J connectivity index is 1.66. The maximum Gasteiger partial charge on any atom is 0.243 e. The van der Waals surface area contributed by atoms with Crippen LogP contribution in [-0.2, 0) is 10.0 Å². The molecule has 1 aromatic heterocycles.